The van der Waals surface area contributed by atoms with E-state index in [1.54, 1.807) is 6.07 Å². The molecule has 1 amide bonds. The lowest BCUT2D eigenvalue weighted by Gasteiger charge is -2.07. The van der Waals surface area contributed by atoms with E-state index in [-0.39, 0.29) is 24.2 Å². The molecule has 0 aliphatic heterocycles. The number of halogens is 1. The summed E-state index contributed by atoms with van der Waals surface area (Å²) < 4.78 is 14.6. The van der Waals surface area contributed by atoms with Crippen LogP contribution in [0.2, 0.25) is 0 Å². The molecule has 0 unspecified atom stereocenters. The number of nitrogens with one attached hydrogen (secondary N) is 1. The number of carbonyl (C=O) groups is 1. The molecule has 3 aromatic rings. The van der Waals surface area contributed by atoms with E-state index in [1.807, 2.05) is 17.5 Å². The summed E-state index contributed by atoms with van der Waals surface area (Å²) in [5.41, 5.74) is -0.167. The van der Waals surface area contributed by atoms with Gasteiger partial charge in [0.15, 0.2) is 0 Å². The molecule has 0 fully saturated rings. The molecule has 0 aliphatic carbocycles. The molecule has 8 nitrogen and oxygen atoms in total. The van der Waals surface area contributed by atoms with Gasteiger partial charge in [0.25, 0.3) is 5.56 Å². The van der Waals surface area contributed by atoms with Crippen molar-refractivity contribution in [3.05, 3.63) is 74.1 Å². The Morgan fingerprint density at radius 2 is 2.11 bits per heavy atom. The van der Waals surface area contributed by atoms with E-state index in [0.717, 1.165) is 17.0 Å². The maximum atomic E-state index is 13.3. The van der Waals surface area contributed by atoms with Crippen molar-refractivity contribution in [2.45, 2.75) is 19.4 Å². The van der Waals surface area contributed by atoms with Crippen molar-refractivity contribution in [3.8, 4) is 10.6 Å². The van der Waals surface area contributed by atoms with Gasteiger partial charge in [-0.1, -0.05) is 6.07 Å². The molecule has 1 N–H and O–H groups in total. The van der Waals surface area contributed by atoms with Gasteiger partial charge < -0.3 is 5.32 Å². The summed E-state index contributed by atoms with van der Waals surface area (Å²) in [6.45, 7) is 0.245. The molecular weight excluding hydrogens is 387 g/mol. The number of anilines is 1. The third-order valence-corrected chi connectivity index (χ3v) is 4.73. The fourth-order valence-electron chi connectivity index (χ4n) is 2.51. The lowest BCUT2D eigenvalue weighted by Crippen LogP contribution is -2.23. The van der Waals surface area contributed by atoms with Crippen molar-refractivity contribution in [3.63, 3.8) is 0 Å². The van der Waals surface area contributed by atoms with Crippen molar-refractivity contribution in [1.29, 1.82) is 0 Å². The van der Waals surface area contributed by atoms with Crippen LogP contribution >= 0.6 is 11.3 Å². The van der Waals surface area contributed by atoms with E-state index in [0.29, 0.717) is 12.1 Å². The third-order valence-electron chi connectivity index (χ3n) is 3.84. The zero-order chi connectivity index (χ0) is 20.1. The van der Waals surface area contributed by atoms with E-state index >= 15 is 0 Å². The van der Waals surface area contributed by atoms with Crippen LogP contribution < -0.4 is 10.9 Å². The molecule has 0 saturated heterocycles. The van der Waals surface area contributed by atoms with Gasteiger partial charge in [-0.3, -0.25) is 19.7 Å². The predicted molar refractivity (Wildman–Crippen MR) is 103 cm³/mol. The summed E-state index contributed by atoms with van der Waals surface area (Å²) in [6, 6.07) is 10.0. The van der Waals surface area contributed by atoms with Crippen molar-refractivity contribution in [2.24, 2.45) is 0 Å². The summed E-state index contributed by atoms with van der Waals surface area (Å²) in [7, 11) is 0. The largest absolute Gasteiger partial charge is 0.326 e. The van der Waals surface area contributed by atoms with Gasteiger partial charge in [0, 0.05) is 30.8 Å². The SMILES string of the molecule is O=C(CCCn1nc(-c2cccs2)ccc1=O)Nc1ccc(F)c([N+](=O)[O-])c1. The first-order valence-electron chi connectivity index (χ1n) is 8.30. The Balaban J connectivity index is 1.59. The van der Waals surface area contributed by atoms with Crippen LogP contribution in [0.1, 0.15) is 12.8 Å². The zero-order valence-corrected chi connectivity index (χ0v) is 15.3. The number of hydrogen-bond donors (Lipinski definition) is 1. The topological polar surface area (TPSA) is 107 Å². The summed E-state index contributed by atoms with van der Waals surface area (Å²) in [6.07, 6.45) is 0.415. The molecule has 144 valence electrons. The first-order chi connectivity index (χ1) is 13.4. The van der Waals surface area contributed by atoms with Crippen molar-refractivity contribution >= 4 is 28.6 Å². The quantitative estimate of drug-likeness (QED) is 0.481. The van der Waals surface area contributed by atoms with Crippen LogP contribution in [-0.4, -0.2) is 20.6 Å². The minimum absolute atomic E-state index is 0.0719. The highest BCUT2D eigenvalue weighted by Gasteiger charge is 2.15. The van der Waals surface area contributed by atoms with Gasteiger partial charge in [0.2, 0.25) is 11.7 Å². The molecule has 2 aromatic heterocycles. The molecule has 0 atom stereocenters. The van der Waals surface area contributed by atoms with Gasteiger partial charge in [-0.05, 0) is 36.1 Å². The number of aromatic nitrogens is 2. The number of nitro groups is 1. The number of amides is 1. The Bertz CT molecular complexity index is 1070. The highest BCUT2D eigenvalue weighted by Crippen LogP contribution is 2.22. The Kier molecular flexibility index (Phi) is 5.90. The summed E-state index contributed by atoms with van der Waals surface area (Å²) in [5.74, 6) is -1.37. The standard InChI is InChI=1S/C18H15FN4O4S/c19-13-6-5-12(11-15(13)23(26)27)20-17(24)4-1-9-22-18(25)8-7-14(21-22)16-3-2-10-28-16/h2-3,5-8,10-11H,1,4,9H2,(H,20,24). The predicted octanol–water partition coefficient (Wildman–Crippen LogP) is 3.44. The average Bonchev–Trinajstić information content (AvgIpc) is 3.19. The van der Waals surface area contributed by atoms with Crippen LogP contribution in [0.3, 0.4) is 0 Å². The number of rotatable bonds is 7. The Morgan fingerprint density at radius 1 is 1.29 bits per heavy atom. The van der Waals surface area contributed by atoms with Crippen LogP contribution in [0.15, 0.2) is 52.6 Å². The molecule has 0 bridgehead atoms. The molecule has 10 heteroatoms. The van der Waals surface area contributed by atoms with Gasteiger partial charge in [-0.15, -0.1) is 11.3 Å². The van der Waals surface area contributed by atoms with Crippen LogP contribution in [0, 0.1) is 15.9 Å². The highest BCUT2D eigenvalue weighted by atomic mass is 32.1. The maximum Gasteiger partial charge on any atom is 0.306 e. The van der Waals surface area contributed by atoms with Crippen molar-refractivity contribution < 1.29 is 14.1 Å². The second kappa shape index (κ2) is 8.53. The van der Waals surface area contributed by atoms with Crippen LogP contribution in [0.4, 0.5) is 15.8 Å². The molecule has 0 spiro atoms. The van der Waals surface area contributed by atoms with E-state index in [4.69, 9.17) is 0 Å². The van der Waals surface area contributed by atoms with E-state index < -0.39 is 22.3 Å². The first-order valence-corrected chi connectivity index (χ1v) is 9.18. The Labute approximate surface area is 162 Å². The highest BCUT2D eigenvalue weighted by molar-refractivity contribution is 7.13. The molecule has 28 heavy (non-hydrogen) atoms. The van der Waals surface area contributed by atoms with Gasteiger partial charge >= 0.3 is 5.69 Å². The lowest BCUT2D eigenvalue weighted by molar-refractivity contribution is -0.387. The number of carbonyl (C=O) groups excluding carboxylic acids is 1. The number of nitrogens with zero attached hydrogens (tertiary/aromatic N) is 3. The average molecular weight is 402 g/mol. The van der Waals surface area contributed by atoms with Gasteiger partial charge in [0.05, 0.1) is 9.80 Å². The Morgan fingerprint density at radius 3 is 2.82 bits per heavy atom. The molecule has 2 heterocycles. The number of benzene rings is 1. The fourth-order valence-corrected chi connectivity index (χ4v) is 3.20. The van der Waals surface area contributed by atoms with Gasteiger partial charge in [0.1, 0.15) is 5.69 Å². The minimum atomic E-state index is -0.973. The molecule has 0 aliphatic rings. The van der Waals surface area contributed by atoms with E-state index in [9.17, 15) is 24.1 Å². The normalized spacial score (nSPS) is 10.6. The first kappa shape index (κ1) is 19.4. The van der Waals surface area contributed by atoms with Crippen molar-refractivity contribution in [2.75, 3.05) is 5.32 Å². The summed E-state index contributed by atoms with van der Waals surface area (Å²) in [4.78, 5) is 34.8. The fraction of sp³-hybridized carbons (Fsp3) is 0.167. The zero-order valence-electron chi connectivity index (χ0n) is 14.5. The second-order valence-corrected chi connectivity index (χ2v) is 6.78. The molecule has 0 radical (unpaired) electrons. The third kappa shape index (κ3) is 4.65. The van der Waals surface area contributed by atoms with Crippen LogP contribution in [-0.2, 0) is 11.3 Å². The van der Waals surface area contributed by atoms with Gasteiger partial charge in [-0.25, -0.2) is 4.68 Å². The van der Waals surface area contributed by atoms with Crippen molar-refractivity contribution in [1.82, 2.24) is 9.78 Å². The van der Waals surface area contributed by atoms with Gasteiger partial charge in [-0.2, -0.15) is 9.49 Å². The molecule has 3 rings (SSSR count). The molecular formula is C18H15FN4O4S. The van der Waals surface area contributed by atoms with E-state index in [1.165, 1.54) is 28.2 Å². The van der Waals surface area contributed by atoms with E-state index in [2.05, 4.69) is 10.4 Å². The Hall–Kier alpha value is -3.40. The number of thiophene rings is 1. The maximum absolute atomic E-state index is 13.3. The summed E-state index contributed by atoms with van der Waals surface area (Å²) in [5, 5.41) is 19.4. The van der Waals surface area contributed by atoms with Crippen LogP contribution in [0.5, 0.6) is 0 Å². The minimum Gasteiger partial charge on any atom is -0.326 e. The molecule has 0 saturated carbocycles. The van der Waals surface area contributed by atoms with Crippen LogP contribution in [0.25, 0.3) is 10.6 Å². The summed E-state index contributed by atoms with van der Waals surface area (Å²) >= 11 is 1.51. The number of hydrogen-bond acceptors (Lipinski definition) is 6. The lowest BCUT2D eigenvalue weighted by atomic mass is 10.2. The molecule has 1 aromatic carbocycles. The number of aryl methyl sites for hydroxylation is 1. The smallest absolute Gasteiger partial charge is 0.306 e. The monoisotopic (exact) mass is 402 g/mol. The number of nitro benzene ring substituents is 1. The second-order valence-electron chi connectivity index (χ2n) is 5.83.